The van der Waals surface area contributed by atoms with E-state index >= 15 is 0 Å². The Morgan fingerprint density at radius 3 is 2.20 bits per heavy atom. The summed E-state index contributed by atoms with van der Waals surface area (Å²) in [6, 6.07) is 0. The van der Waals surface area contributed by atoms with Crippen molar-refractivity contribution in [1.82, 2.24) is 0 Å². The second kappa shape index (κ2) is 4.50. The molecule has 0 amide bonds. The molecular formula is C9H11N. The highest BCUT2D eigenvalue weighted by molar-refractivity contribution is 5.42. The van der Waals surface area contributed by atoms with Crippen LogP contribution in [0.1, 0.15) is 0 Å². The molecule has 0 aliphatic carbocycles. The number of allylic oxidation sites excluding steroid dienone is 4. The average molecular weight is 133 g/mol. The van der Waals surface area contributed by atoms with Gasteiger partial charge in [0.1, 0.15) is 0 Å². The van der Waals surface area contributed by atoms with Crippen LogP contribution in [0.2, 0.25) is 0 Å². The van der Waals surface area contributed by atoms with Crippen molar-refractivity contribution < 1.29 is 0 Å². The molecule has 0 saturated heterocycles. The summed E-state index contributed by atoms with van der Waals surface area (Å²) in [7, 11) is 0. The maximum Gasteiger partial charge on any atom is 0.0266 e. The predicted octanol–water partition coefficient (Wildman–Crippen LogP) is 2.50. The van der Waals surface area contributed by atoms with Gasteiger partial charge in [-0.25, -0.2) is 0 Å². The molecule has 0 aromatic heterocycles. The Bertz CT molecular complexity index is 197. The quantitative estimate of drug-likeness (QED) is 0.412. The highest BCUT2D eigenvalue weighted by atomic mass is 14.6. The van der Waals surface area contributed by atoms with Crippen LogP contribution in [0.3, 0.4) is 0 Å². The van der Waals surface area contributed by atoms with Gasteiger partial charge in [0.15, 0.2) is 0 Å². The first-order valence-electron chi connectivity index (χ1n) is 2.85. The first-order valence-corrected chi connectivity index (χ1v) is 2.85. The molecule has 0 heterocycles. The van der Waals surface area contributed by atoms with Gasteiger partial charge in [-0.2, -0.15) is 0 Å². The number of hydrogen-bond donors (Lipinski definition) is 0. The Labute approximate surface area is 61.8 Å². The monoisotopic (exact) mass is 133 g/mol. The van der Waals surface area contributed by atoms with Crippen LogP contribution in [0.5, 0.6) is 0 Å². The summed E-state index contributed by atoms with van der Waals surface area (Å²) in [6.07, 6.45) is 4.95. The minimum Gasteiger partial charge on any atom is -0.272 e. The third kappa shape index (κ3) is 2.82. The second-order valence-electron chi connectivity index (χ2n) is 1.75. The van der Waals surface area contributed by atoms with Gasteiger partial charge in [0, 0.05) is 6.20 Å². The van der Waals surface area contributed by atoms with E-state index < -0.39 is 0 Å². The summed E-state index contributed by atoms with van der Waals surface area (Å²) in [6.45, 7) is 14.2. The van der Waals surface area contributed by atoms with Gasteiger partial charge in [-0.3, -0.25) is 4.99 Å². The van der Waals surface area contributed by atoms with Crippen molar-refractivity contribution in [2.24, 2.45) is 4.99 Å². The fourth-order valence-electron chi connectivity index (χ4n) is 0.381. The molecule has 0 spiro atoms. The molecule has 0 rings (SSSR count). The van der Waals surface area contributed by atoms with Gasteiger partial charge in [0.25, 0.3) is 0 Å². The molecule has 0 aliphatic rings. The molecule has 0 atom stereocenters. The molecule has 1 nitrogen and oxygen atoms in total. The SMILES string of the molecule is C=CC(=C)C(=C)/C=C\N=C. The van der Waals surface area contributed by atoms with Crippen molar-refractivity contribution in [2.45, 2.75) is 0 Å². The number of aliphatic imine (C=N–C) groups is 1. The van der Waals surface area contributed by atoms with Gasteiger partial charge >= 0.3 is 0 Å². The average Bonchev–Trinajstić information content (AvgIpc) is 1.98. The van der Waals surface area contributed by atoms with Crippen molar-refractivity contribution in [1.29, 1.82) is 0 Å². The van der Waals surface area contributed by atoms with Crippen LogP contribution in [0.4, 0.5) is 0 Å². The Morgan fingerprint density at radius 2 is 1.80 bits per heavy atom. The lowest BCUT2D eigenvalue weighted by Gasteiger charge is -1.94. The summed E-state index contributed by atoms with van der Waals surface area (Å²) in [5.41, 5.74) is 1.61. The van der Waals surface area contributed by atoms with Crippen molar-refractivity contribution in [3.8, 4) is 0 Å². The van der Waals surface area contributed by atoms with E-state index in [9.17, 15) is 0 Å². The molecule has 0 bridgehead atoms. The fraction of sp³-hybridized carbons (Fsp3) is 0. The lowest BCUT2D eigenvalue weighted by Crippen LogP contribution is -1.74. The molecule has 0 unspecified atom stereocenters. The van der Waals surface area contributed by atoms with Crippen LogP contribution in [-0.4, -0.2) is 6.72 Å². The Kier molecular flexibility index (Phi) is 3.89. The number of nitrogens with zero attached hydrogens (tertiary/aromatic N) is 1. The van der Waals surface area contributed by atoms with E-state index in [1.807, 2.05) is 0 Å². The lowest BCUT2D eigenvalue weighted by atomic mass is 10.1. The first kappa shape index (κ1) is 8.63. The third-order valence-electron chi connectivity index (χ3n) is 1.04. The maximum absolute atomic E-state index is 3.72. The van der Waals surface area contributed by atoms with Gasteiger partial charge in [0.05, 0.1) is 0 Å². The third-order valence-corrected chi connectivity index (χ3v) is 1.04. The molecule has 52 valence electrons. The summed E-state index contributed by atoms with van der Waals surface area (Å²) >= 11 is 0. The van der Waals surface area contributed by atoms with Crippen LogP contribution in [-0.2, 0) is 0 Å². The Balaban J connectivity index is 4.09. The van der Waals surface area contributed by atoms with Crippen LogP contribution in [0.25, 0.3) is 0 Å². The minimum atomic E-state index is 0.805. The van der Waals surface area contributed by atoms with E-state index in [1.54, 1.807) is 18.4 Å². The molecule has 0 aliphatic heterocycles. The van der Waals surface area contributed by atoms with E-state index in [0.29, 0.717) is 0 Å². The number of rotatable bonds is 4. The lowest BCUT2D eigenvalue weighted by molar-refractivity contribution is 1.54. The molecule has 0 radical (unpaired) electrons. The van der Waals surface area contributed by atoms with Gasteiger partial charge in [-0.05, 0) is 23.9 Å². The smallest absolute Gasteiger partial charge is 0.0266 e. The van der Waals surface area contributed by atoms with E-state index in [0.717, 1.165) is 11.1 Å². The molecule has 1 heteroatoms. The second-order valence-corrected chi connectivity index (χ2v) is 1.75. The Hall–Kier alpha value is -1.37. The van der Waals surface area contributed by atoms with Crippen molar-refractivity contribution in [3.05, 3.63) is 49.2 Å². The molecule has 0 aromatic carbocycles. The van der Waals surface area contributed by atoms with Crippen LogP contribution >= 0.6 is 0 Å². The zero-order valence-electron chi connectivity index (χ0n) is 6.01. The van der Waals surface area contributed by atoms with Gasteiger partial charge in [-0.15, -0.1) is 0 Å². The molecular weight excluding hydrogens is 122 g/mol. The van der Waals surface area contributed by atoms with Crippen molar-refractivity contribution in [3.63, 3.8) is 0 Å². The molecule has 0 fully saturated rings. The maximum atomic E-state index is 3.72. The normalized spacial score (nSPS) is 9.20. The van der Waals surface area contributed by atoms with E-state index in [1.165, 1.54) is 0 Å². The molecule has 0 N–H and O–H groups in total. The van der Waals surface area contributed by atoms with Gasteiger partial charge in [-0.1, -0.05) is 25.8 Å². The van der Waals surface area contributed by atoms with E-state index in [-0.39, 0.29) is 0 Å². The van der Waals surface area contributed by atoms with Crippen LogP contribution < -0.4 is 0 Å². The number of hydrogen-bond acceptors (Lipinski definition) is 1. The molecule has 0 aromatic rings. The zero-order valence-corrected chi connectivity index (χ0v) is 6.01. The predicted molar refractivity (Wildman–Crippen MR) is 47.2 cm³/mol. The molecule has 0 saturated carbocycles. The largest absolute Gasteiger partial charge is 0.272 e. The summed E-state index contributed by atoms with van der Waals surface area (Å²) in [5, 5.41) is 0. The summed E-state index contributed by atoms with van der Waals surface area (Å²) < 4.78 is 0. The highest BCUT2D eigenvalue weighted by Gasteiger charge is 1.87. The van der Waals surface area contributed by atoms with Gasteiger partial charge < -0.3 is 0 Å². The zero-order chi connectivity index (χ0) is 7.98. The van der Waals surface area contributed by atoms with E-state index in [2.05, 4.69) is 31.4 Å². The van der Waals surface area contributed by atoms with Crippen molar-refractivity contribution >= 4 is 6.72 Å². The first-order chi connectivity index (χ1) is 4.72. The highest BCUT2D eigenvalue weighted by Crippen LogP contribution is 2.06. The topological polar surface area (TPSA) is 12.4 Å². The summed E-state index contributed by atoms with van der Waals surface area (Å²) in [4.78, 5) is 3.53. The molecule has 10 heavy (non-hydrogen) atoms. The standard InChI is InChI=1S/C9H11N/c1-5-8(2)9(3)6-7-10-4/h5-7H,1-4H2/b7-6-. The van der Waals surface area contributed by atoms with Crippen molar-refractivity contribution in [2.75, 3.05) is 0 Å². The summed E-state index contributed by atoms with van der Waals surface area (Å²) in [5.74, 6) is 0. The van der Waals surface area contributed by atoms with Crippen LogP contribution in [0, 0.1) is 0 Å². The fourth-order valence-corrected chi connectivity index (χ4v) is 0.381. The van der Waals surface area contributed by atoms with Gasteiger partial charge in [0.2, 0.25) is 0 Å². The minimum absolute atomic E-state index is 0.805. The van der Waals surface area contributed by atoms with E-state index in [4.69, 9.17) is 0 Å². The Morgan fingerprint density at radius 1 is 1.20 bits per heavy atom. The van der Waals surface area contributed by atoms with Crippen LogP contribution in [0.15, 0.2) is 54.2 Å².